The third kappa shape index (κ3) is 4.83. The van der Waals surface area contributed by atoms with E-state index in [0.717, 1.165) is 24.6 Å². The molecule has 0 radical (unpaired) electrons. The summed E-state index contributed by atoms with van der Waals surface area (Å²) in [4.78, 5) is 34.8. The molecule has 10 heteroatoms. The van der Waals surface area contributed by atoms with E-state index in [-0.39, 0.29) is 52.5 Å². The van der Waals surface area contributed by atoms with Gasteiger partial charge in [0.1, 0.15) is 0 Å². The Bertz CT molecular complexity index is 1410. The number of carbonyl (C=O) groups excluding carboxylic acids is 2. The Morgan fingerprint density at radius 1 is 1.18 bits per heavy atom. The third-order valence-corrected chi connectivity index (χ3v) is 9.00. The van der Waals surface area contributed by atoms with Crippen molar-refractivity contribution < 1.29 is 14.0 Å². The number of carbonyl (C=O) groups is 2. The Balaban J connectivity index is 1.28. The second-order valence-electron chi connectivity index (χ2n) is 9.97. The van der Waals surface area contributed by atoms with Gasteiger partial charge in [-0.05, 0) is 60.6 Å². The number of amides is 1. The normalized spacial score (nSPS) is 25.9. The Morgan fingerprint density at radius 3 is 2.87 bits per heavy atom. The predicted molar refractivity (Wildman–Crippen MR) is 147 cm³/mol. The van der Waals surface area contributed by atoms with Crippen LogP contribution in [0.1, 0.15) is 28.8 Å². The van der Waals surface area contributed by atoms with Crippen LogP contribution in [-0.2, 0) is 4.79 Å². The van der Waals surface area contributed by atoms with Gasteiger partial charge in [-0.15, -0.1) is 11.8 Å². The van der Waals surface area contributed by atoms with Crippen LogP contribution in [0.3, 0.4) is 0 Å². The van der Waals surface area contributed by atoms with E-state index in [9.17, 15) is 14.0 Å². The molecule has 38 heavy (non-hydrogen) atoms. The number of halogens is 1. The molecule has 2 saturated carbocycles. The van der Waals surface area contributed by atoms with Crippen molar-refractivity contribution in [3.05, 3.63) is 77.9 Å². The van der Waals surface area contributed by atoms with Crippen molar-refractivity contribution >= 4 is 52.7 Å². The number of rotatable bonds is 3. The summed E-state index contributed by atoms with van der Waals surface area (Å²) in [5, 5.41) is 9.43. The number of nitrogens with two attached hydrogens (primary N) is 1. The van der Waals surface area contributed by atoms with Crippen LogP contribution in [0.4, 0.5) is 27.5 Å². The summed E-state index contributed by atoms with van der Waals surface area (Å²) in [5.41, 5.74) is 8.57. The number of Topliss-reactive ketones (excluding diaryl/α,β-unsaturated/α-hetero) is 1. The molecule has 2 aliphatic carbocycles. The minimum absolute atomic E-state index is 0.0470. The fourth-order valence-corrected chi connectivity index (χ4v) is 7.29. The first-order chi connectivity index (χ1) is 18.4. The van der Waals surface area contributed by atoms with Crippen LogP contribution in [0.15, 0.2) is 60.9 Å². The number of nitrogens with zero attached hydrogens (tertiary/aromatic N) is 2. The highest BCUT2D eigenvalue weighted by Crippen LogP contribution is 2.53. The molecule has 3 aromatic rings. The highest BCUT2D eigenvalue weighted by atomic mass is 32.2. The Labute approximate surface area is 223 Å². The molecule has 5 atom stereocenters. The van der Waals surface area contributed by atoms with Crippen molar-refractivity contribution in [1.29, 1.82) is 0 Å². The molecule has 0 unspecified atom stereocenters. The van der Waals surface area contributed by atoms with E-state index in [0.29, 0.717) is 22.7 Å². The van der Waals surface area contributed by atoms with Gasteiger partial charge in [-0.2, -0.15) is 4.98 Å². The van der Waals surface area contributed by atoms with Gasteiger partial charge in [0.15, 0.2) is 17.4 Å². The van der Waals surface area contributed by atoms with Crippen molar-refractivity contribution in [1.82, 2.24) is 15.3 Å². The highest BCUT2D eigenvalue weighted by molar-refractivity contribution is 8.00. The minimum Gasteiger partial charge on any atom is -0.399 e. The maximum absolute atomic E-state index is 14.9. The molecule has 2 fully saturated rings. The summed E-state index contributed by atoms with van der Waals surface area (Å²) in [6.07, 6.45) is 6.22. The van der Waals surface area contributed by atoms with Gasteiger partial charge in [-0.3, -0.25) is 9.59 Å². The molecule has 0 saturated heterocycles. The standard InChI is InChI=1S/C28H27FN6O2S/c29-21-13-32-28-33-19-3-1-2-16(10-19)22(36)14-38-23-12-17-11-20(23)25(34-26(21)35-28)24(17)27(37)31-9-8-15-4-6-18(30)7-5-15/h1-10,13,17,20,23-25H,11-12,14,30H2,(H,31,37)(H2,32,33,34,35)/t17-,20+,23+,24-,25+/m0/s1. The van der Waals surface area contributed by atoms with Gasteiger partial charge in [0.05, 0.1) is 17.9 Å². The molecule has 194 valence electrons. The molecule has 5 N–H and O–H groups in total. The first-order valence-electron chi connectivity index (χ1n) is 12.6. The zero-order chi connectivity index (χ0) is 26.2. The van der Waals surface area contributed by atoms with Crippen molar-refractivity contribution in [2.24, 2.45) is 17.8 Å². The van der Waals surface area contributed by atoms with Crippen LogP contribution in [-0.4, -0.2) is 38.7 Å². The van der Waals surface area contributed by atoms with Crippen LogP contribution < -0.4 is 21.7 Å². The van der Waals surface area contributed by atoms with Gasteiger partial charge in [-0.1, -0.05) is 24.3 Å². The lowest BCUT2D eigenvalue weighted by atomic mass is 9.83. The number of nitrogens with one attached hydrogen (secondary N) is 3. The number of hydrogen-bond acceptors (Lipinski definition) is 8. The van der Waals surface area contributed by atoms with E-state index in [1.54, 1.807) is 54.4 Å². The van der Waals surface area contributed by atoms with Crippen molar-refractivity contribution in [3.63, 3.8) is 0 Å². The van der Waals surface area contributed by atoms with Crippen LogP contribution >= 0.6 is 11.8 Å². The molecule has 0 spiro atoms. The molecule has 6 bridgehead atoms. The number of hydrogen-bond donors (Lipinski definition) is 4. The molecule has 8 nitrogen and oxygen atoms in total. The number of nitrogen functional groups attached to an aromatic ring is 1. The average Bonchev–Trinajstić information content (AvgIpc) is 3.48. The third-order valence-electron chi connectivity index (χ3n) is 7.60. The number of fused-ring (bicyclic) bond motifs is 5. The van der Waals surface area contributed by atoms with Crippen LogP contribution in [0.2, 0.25) is 0 Å². The second-order valence-corrected chi connectivity index (χ2v) is 11.2. The fourth-order valence-electron chi connectivity index (χ4n) is 5.84. The summed E-state index contributed by atoms with van der Waals surface area (Å²) in [6, 6.07) is 14.2. The van der Waals surface area contributed by atoms with E-state index in [2.05, 4.69) is 25.9 Å². The molecule has 6 rings (SSSR count). The number of ketones is 1. The molecular formula is C28H27FN6O2S. The smallest absolute Gasteiger partial charge is 0.229 e. The Hall–Kier alpha value is -3.92. The van der Waals surface area contributed by atoms with E-state index in [1.807, 2.05) is 18.2 Å². The minimum atomic E-state index is -0.582. The van der Waals surface area contributed by atoms with Crippen LogP contribution in [0, 0.1) is 23.6 Å². The summed E-state index contributed by atoms with van der Waals surface area (Å²) < 4.78 is 14.9. The summed E-state index contributed by atoms with van der Waals surface area (Å²) in [6.45, 7) is 0. The summed E-state index contributed by atoms with van der Waals surface area (Å²) >= 11 is 1.63. The van der Waals surface area contributed by atoms with E-state index in [4.69, 9.17) is 5.73 Å². The molecule has 1 aromatic heterocycles. The molecule has 1 amide bonds. The van der Waals surface area contributed by atoms with E-state index in [1.165, 1.54) is 0 Å². The number of anilines is 4. The van der Waals surface area contributed by atoms with Gasteiger partial charge in [-0.25, -0.2) is 9.37 Å². The van der Waals surface area contributed by atoms with E-state index < -0.39 is 5.82 Å². The van der Waals surface area contributed by atoms with Crippen molar-refractivity contribution in [2.75, 3.05) is 22.1 Å². The quantitative estimate of drug-likeness (QED) is 0.366. The zero-order valence-electron chi connectivity index (χ0n) is 20.4. The van der Waals surface area contributed by atoms with Crippen LogP contribution in [0.25, 0.3) is 6.08 Å². The maximum Gasteiger partial charge on any atom is 0.229 e. The van der Waals surface area contributed by atoms with Crippen molar-refractivity contribution in [2.45, 2.75) is 24.1 Å². The molecule has 1 aliphatic heterocycles. The number of thioether (sulfide) groups is 1. The van der Waals surface area contributed by atoms with Gasteiger partial charge in [0, 0.05) is 34.4 Å². The number of aromatic nitrogens is 2. The zero-order valence-corrected chi connectivity index (χ0v) is 21.2. The topological polar surface area (TPSA) is 122 Å². The van der Waals surface area contributed by atoms with Crippen LogP contribution in [0.5, 0.6) is 0 Å². The highest BCUT2D eigenvalue weighted by Gasteiger charge is 2.55. The second kappa shape index (κ2) is 10.1. The van der Waals surface area contributed by atoms with Gasteiger partial charge < -0.3 is 21.7 Å². The first kappa shape index (κ1) is 24.4. The Kier molecular flexibility index (Phi) is 6.49. The van der Waals surface area contributed by atoms with Gasteiger partial charge in [0.2, 0.25) is 11.9 Å². The van der Waals surface area contributed by atoms with E-state index >= 15 is 0 Å². The largest absolute Gasteiger partial charge is 0.399 e. The average molecular weight is 531 g/mol. The summed E-state index contributed by atoms with van der Waals surface area (Å²) in [5.74, 6) is -0.197. The van der Waals surface area contributed by atoms with Gasteiger partial charge in [0.25, 0.3) is 0 Å². The lowest BCUT2D eigenvalue weighted by Crippen LogP contribution is -2.47. The lowest BCUT2D eigenvalue weighted by molar-refractivity contribution is -0.125. The molecule has 3 aliphatic rings. The monoisotopic (exact) mass is 530 g/mol. The molecule has 2 aromatic carbocycles. The molecule has 2 heterocycles. The Morgan fingerprint density at radius 2 is 2.03 bits per heavy atom. The SMILES string of the molecule is Nc1ccc(C=CNC(=O)[C@H]2[C@H]3C[C@H]4[C@H]2Nc2nc(ncc2F)Nc2cccc(c2)C(=O)CS[C@@H]4C3)cc1. The van der Waals surface area contributed by atoms with Gasteiger partial charge >= 0.3 is 0 Å². The predicted octanol–water partition coefficient (Wildman–Crippen LogP) is 4.46. The number of benzene rings is 2. The first-order valence-corrected chi connectivity index (χ1v) is 13.6. The fraction of sp³-hybridized carbons (Fsp3) is 0.286. The lowest BCUT2D eigenvalue weighted by Gasteiger charge is -2.35. The van der Waals surface area contributed by atoms with Crippen molar-refractivity contribution in [3.8, 4) is 0 Å². The summed E-state index contributed by atoms with van der Waals surface area (Å²) in [7, 11) is 0. The molecular weight excluding hydrogens is 503 g/mol. The maximum atomic E-state index is 14.9.